The molecule has 5 heteroatoms. The largest absolute Gasteiger partial charge is 0.491 e. The lowest BCUT2D eigenvalue weighted by molar-refractivity contribution is 0.0952. The minimum atomic E-state index is -0.570. The van der Waals surface area contributed by atoms with E-state index >= 15 is 0 Å². The summed E-state index contributed by atoms with van der Waals surface area (Å²) in [7, 11) is 0. The van der Waals surface area contributed by atoms with Crippen LogP contribution < -0.4 is 15.7 Å². The number of hydrogen-bond donors (Lipinski definition) is 1. The van der Waals surface area contributed by atoms with Crippen molar-refractivity contribution in [3.8, 4) is 5.75 Å². The Kier molecular flexibility index (Phi) is 4.84. The van der Waals surface area contributed by atoms with Gasteiger partial charge in [-0.25, -0.2) is 4.79 Å². The summed E-state index contributed by atoms with van der Waals surface area (Å²) < 4.78 is 10.8. The summed E-state index contributed by atoms with van der Waals surface area (Å²) in [5.74, 6) is 0.270. The number of fused-ring (bicyclic) bond motifs is 1. The van der Waals surface area contributed by atoms with Crippen LogP contribution in [-0.4, -0.2) is 12.0 Å². The molecule has 5 nitrogen and oxygen atoms in total. The van der Waals surface area contributed by atoms with Gasteiger partial charge in [0.2, 0.25) is 0 Å². The second kappa shape index (κ2) is 7.21. The summed E-state index contributed by atoms with van der Waals surface area (Å²) in [5.41, 5.74) is 1.03. The highest BCUT2D eigenvalue weighted by Crippen LogP contribution is 2.23. The molecule has 2 aromatic carbocycles. The van der Waals surface area contributed by atoms with Gasteiger partial charge in [0.15, 0.2) is 0 Å². The number of hydrogen-bond acceptors (Lipinski definition) is 4. The summed E-state index contributed by atoms with van der Waals surface area (Å²) in [6, 6.07) is 15.9. The second-order valence-corrected chi connectivity index (χ2v) is 5.97. The average Bonchev–Trinajstić information content (AvgIpc) is 2.59. The molecule has 0 radical (unpaired) electrons. The summed E-state index contributed by atoms with van der Waals surface area (Å²) in [5, 5.41) is 3.40. The van der Waals surface area contributed by atoms with Crippen molar-refractivity contribution >= 4 is 16.9 Å². The van der Waals surface area contributed by atoms with Crippen molar-refractivity contribution in [1.82, 2.24) is 5.32 Å². The lowest BCUT2D eigenvalue weighted by atomic mass is 10.1. The van der Waals surface area contributed by atoms with Gasteiger partial charge in [-0.05, 0) is 31.5 Å². The lowest BCUT2D eigenvalue weighted by Gasteiger charge is -2.11. The maximum absolute atomic E-state index is 12.5. The van der Waals surface area contributed by atoms with E-state index in [1.807, 2.05) is 44.2 Å². The third kappa shape index (κ3) is 4.07. The van der Waals surface area contributed by atoms with E-state index in [0.717, 1.165) is 5.56 Å². The van der Waals surface area contributed by atoms with Crippen LogP contribution in [0.15, 0.2) is 63.8 Å². The van der Waals surface area contributed by atoms with Crippen molar-refractivity contribution in [2.24, 2.45) is 0 Å². The molecule has 0 fully saturated rings. The predicted octanol–water partition coefficient (Wildman–Crippen LogP) is 3.51. The van der Waals surface area contributed by atoms with Gasteiger partial charge in [-0.2, -0.15) is 0 Å². The van der Waals surface area contributed by atoms with Gasteiger partial charge in [0.05, 0.1) is 11.7 Å². The molecular weight excluding hydrogens is 318 g/mol. The fourth-order valence-electron chi connectivity index (χ4n) is 2.55. The molecule has 0 saturated carbocycles. The number of carbonyl (C=O) groups excluding carboxylic acids is 1. The van der Waals surface area contributed by atoms with Crippen molar-refractivity contribution in [1.29, 1.82) is 0 Å². The van der Waals surface area contributed by atoms with Crippen LogP contribution >= 0.6 is 0 Å². The molecule has 0 spiro atoms. The number of rotatable bonds is 5. The quantitative estimate of drug-likeness (QED) is 0.724. The van der Waals surface area contributed by atoms with Gasteiger partial charge in [0.1, 0.15) is 11.3 Å². The Bertz CT molecular complexity index is 945. The van der Waals surface area contributed by atoms with E-state index < -0.39 is 5.63 Å². The van der Waals surface area contributed by atoms with E-state index in [1.165, 1.54) is 6.07 Å². The van der Waals surface area contributed by atoms with Crippen LogP contribution in [0.5, 0.6) is 5.75 Å². The molecule has 0 aliphatic carbocycles. The third-order valence-electron chi connectivity index (χ3n) is 3.63. The van der Waals surface area contributed by atoms with E-state index in [0.29, 0.717) is 28.8 Å². The van der Waals surface area contributed by atoms with Crippen molar-refractivity contribution in [3.05, 3.63) is 76.1 Å². The molecule has 0 bridgehead atoms. The summed E-state index contributed by atoms with van der Waals surface area (Å²) >= 11 is 0. The van der Waals surface area contributed by atoms with Gasteiger partial charge in [-0.15, -0.1) is 0 Å². The number of ether oxygens (including phenoxy) is 1. The van der Waals surface area contributed by atoms with E-state index in [4.69, 9.17) is 9.15 Å². The molecule has 25 heavy (non-hydrogen) atoms. The van der Waals surface area contributed by atoms with Crippen LogP contribution in [0, 0.1) is 0 Å². The first kappa shape index (κ1) is 16.8. The van der Waals surface area contributed by atoms with Crippen molar-refractivity contribution in [3.63, 3.8) is 0 Å². The van der Waals surface area contributed by atoms with Crippen molar-refractivity contribution in [2.75, 3.05) is 0 Å². The molecule has 1 N–H and O–H groups in total. The Morgan fingerprint density at radius 3 is 2.60 bits per heavy atom. The van der Waals surface area contributed by atoms with Gasteiger partial charge in [0.25, 0.3) is 5.91 Å². The molecule has 3 aromatic rings. The van der Waals surface area contributed by atoms with Gasteiger partial charge < -0.3 is 14.5 Å². The zero-order chi connectivity index (χ0) is 17.8. The molecule has 128 valence electrons. The maximum Gasteiger partial charge on any atom is 0.337 e. The Morgan fingerprint density at radius 2 is 1.88 bits per heavy atom. The molecule has 1 heterocycles. The molecule has 0 unspecified atom stereocenters. The van der Waals surface area contributed by atoms with Crippen LogP contribution in [-0.2, 0) is 6.54 Å². The Balaban J connectivity index is 1.89. The van der Waals surface area contributed by atoms with Crippen LogP contribution in [0.4, 0.5) is 0 Å². The standard InChI is InChI=1S/C20H19NO4/c1-13(2)24-15-8-9-16-17(11-19(22)25-18(16)10-15)20(23)21-12-14-6-4-3-5-7-14/h3-11,13H,12H2,1-2H3,(H,21,23). The Hall–Kier alpha value is -3.08. The number of amides is 1. The van der Waals surface area contributed by atoms with E-state index in [1.54, 1.807) is 18.2 Å². The minimum Gasteiger partial charge on any atom is -0.491 e. The highest BCUT2D eigenvalue weighted by atomic mass is 16.5. The van der Waals surface area contributed by atoms with E-state index in [-0.39, 0.29) is 12.0 Å². The fraction of sp³-hybridized carbons (Fsp3) is 0.200. The second-order valence-electron chi connectivity index (χ2n) is 5.97. The highest BCUT2D eigenvalue weighted by Gasteiger charge is 2.14. The Labute approximate surface area is 145 Å². The maximum atomic E-state index is 12.5. The fourth-order valence-corrected chi connectivity index (χ4v) is 2.55. The molecule has 0 aliphatic rings. The molecule has 1 amide bonds. The SMILES string of the molecule is CC(C)Oc1ccc2c(C(=O)NCc3ccccc3)cc(=O)oc2c1. The van der Waals surface area contributed by atoms with E-state index in [2.05, 4.69) is 5.32 Å². The summed E-state index contributed by atoms with van der Waals surface area (Å²) in [4.78, 5) is 24.4. The average molecular weight is 337 g/mol. The normalized spacial score (nSPS) is 10.8. The molecular formula is C20H19NO4. The summed E-state index contributed by atoms with van der Waals surface area (Å²) in [6.07, 6.45) is 0.00141. The molecule has 0 aliphatic heterocycles. The number of carbonyl (C=O) groups is 1. The van der Waals surface area contributed by atoms with Gasteiger partial charge in [-0.3, -0.25) is 4.79 Å². The smallest absolute Gasteiger partial charge is 0.337 e. The third-order valence-corrected chi connectivity index (χ3v) is 3.63. The predicted molar refractivity (Wildman–Crippen MR) is 95.9 cm³/mol. The number of nitrogens with one attached hydrogen (secondary N) is 1. The summed E-state index contributed by atoms with van der Waals surface area (Å²) in [6.45, 7) is 4.21. The van der Waals surface area contributed by atoms with E-state index in [9.17, 15) is 9.59 Å². The van der Waals surface area contributed by atoms with Crippen LogP contribution in [0.3, 0.4) is 0 Å². The zero-order valence-corrected chi connectivity index (χ0v) is 14.1. The van der Waals surface area contributed by atoms with Crippen molar-refractivity contribution < 1.29 is 13.9 Å². The topological polar surface area (TPSA) is 68.5 Å². The first-order valence-corrected chi connectivity index (χ1v) is 8.09. The molecule has 3 rings (SSSR count). The monoisotopic (exact) mass is 337 g/mol. The van der Waals surface area contributed by atoms with Gasteiger partial charge >= 0.3 is 5.63 Å². The van der Waals surface area contributed by atoms with Crippen LogP contribution in [0.25, 0.3) is 11.0 Å². The van der Waals surface area contributed by atoms with Crippen LogP contribution in [0.1, 0.15) is 29.8 Å². The van der Waals surface area contributed by atoms with Gasteiger partial charge in [0, 0.05) is 24.1 Å². The van der Waals surface area contributed by atoms with Crippen LogP contribution in [0.2, 0.25) is 0 Å². The molecule has 0 atom stereocenters. The first-order chi connectivity index (χ1) is 12.0. The minimum absolute atomic E-state index is 0.00141. The molecule has 1 aromatic heterocycles. The molecule has 0 saturated heterocycles. The Morgan fingerprint density at radius 1 is 1.12 bits per heavy atom. The van der Waals surface area contributed by atoms with Crippen molar-refractivity contribution in [2.45, 2.75) is 26.5 Å². The first-order valence-electron chi connectivity index (χ1n) is 8.09. The lowest BCUT2D eigenvalue weighted by Crippen LogP contribution is -2.24. The van der Waals surface area contributed by atoms with Gasteiger partial charge in [-0.1, -0.05) is 30.3 Å². The highest BCUT2D eigenvalue weighted by molar-refractivity contribution is 6.05. The number of benzene rings is 2. The zero-order valence-electron chi connectivity index (χ0n) is 14.1.